The first-order valence-electron chi connectivity index (χ1n) is 11.6. The quantitative estimate of drug-likeness (QED) is 0.668. The van der Waals surface area contributed by atoms with E-state index in [0.29, 0.717) is 35.4 Å². The fraction of sp³-hybridized carbons (Fsp3) is 0.652. The number of carbonyl (C=O) groups is 2. The molecule has 4 fully saturated rings. The molecule has 0 aromatic heterocycles. The molecular formula is C23H30Cl2N4O4. The average Bonchev–Trinajstić information content (AvgIpc) is 3.46. The Morgan fingerprint density at radius 1 is 1.24 bits per heavy atom. The van der Waals surface area contributed by atoms with Crippen LogP contribution in [-0.2, 0) is 9.53 Å². The Morgan fingerprint density at radius 2 is 2.03 bits per heavy atom. The lowest BCUT2D eigenvalue weighted by Crippen LogP contribution is -2.63. The smallest absolute Gasteiger partial charge is 0.322 e. The van der Waals surface area contributed by atoms with Crippen LogP contribution in [0.1, 0.15) is 32.6 Å². The minimum atomic E-state index is -0.597. The zero-order valence-electron chi connectivity index (χ0n) is 18.7. The zero-order chi connectivity index (χ0) is 23.3. The first-order chi connectivity index (χ1) is 15.8. The summed E-state index contributed by atoms with van der Waals surface area (Å²) in [5.74, 6) is -0.103. The van der Waals surface area contributed by atoms with Crippen LogP contribution < -0.4 is 5.32 Å². The van der Waals surface area contributed by atoms with Gasteiger partial charge in [-0.15, -0.1) is 0 Å². The number of ether oxygens (including phenoxy) is 1. The molecule has 33 heavy (non-hydrogen) atoms. The van der Waals surface area contributed by atoms with Crippen molar-refractivity contribution < 1.29 is 19.4 Å². The van der Waals surface area contributed by atoms with Crippen LogP contribution in [0.2, 0.25) is 10.0 Å². The van der Waals surface area contributed by atoms with Gasteiger partial charge < -0.3 is 29.9 Å². The second-order valence-corrected chi connectivity index (χ2v) is 10.6. The number of carbonyl (C=O) groups excluding carboxylic acids is 2. The molecule has 4 aliphatic rings. The van der Waals surface area contributed by atoms with E-state index in [9.17, 15) is 14.7 Å². The number of amides is 3. The molecule has 1 aliphatic carbocycles. The topological polar surface area (TPSA) is 85.4 Å². The fourth-order valence-corrected chi connectivity index (χ4v) is 5.66. The number of nitrogens with one attached hydrogen (secondary N) is 1. The molecule has 4 atom stereocenters. The third kappa shape index (κ3) is 4.44. The van der Waals surface area contributed by atoms with Crippen molar-refractivity contribution in [2.45, 2.75) is 57.0 Å². The lowest BCUT2D eigenvalue weighted by atomic mass is 9.90. The van der Waals surface area contributed by atoms with Gasteiger partial charge in [-0.1, -0.05) is 23.2 Å². The molecule has 3 saturated heterocycles. The van der Waals surface area contributed by atoms with Crippen molar-refractivity contribution in [3.05, 3.63) is 28.2 Å². The molecule has 10 heteroatoms. The van der Waals surface area contributed by atoms with Gasteiger partial charge in [0.25, 0.3) is 0 Å². The summed E-state index contributed by atoms with van der Waals surface area (Å²) in [5.41, 5.74) is 0.705. The van der Waals surface area contributed by atoms with Crippen LogP contribution in [0.15, 0.2) is 18.2 Å². The number of fused-ring (bicyclic) bond motifs is 1. The number of halogens is 2. The predicted octanol–water partition coefficient (Wildman–Crippen LogP) is 3.02. The molecule has 0 bridgehead atoms. The maximum absolute atomic E-state index is 13.2. The summed E-state index contributed by atoms with van der Waals surface area (Å²) in [6.45, 7) is 5.06. The summed E-state index contributed by atoms with van der Waals surface area (Å²) in [6.07, 6.45) is 3.47. The Bertz CT molecular complexity index is 943. The maximum Gasteiger partial charge on any atom is 0.322 e. The second-order valence-electron chi connectivity index (χ2n) is 9.79. The monoisotopic (exact) mass is 496 g/mol. The number of likely N-dealkylation sites (tertiary alicyclic amines) is 1. The Labute approximate surface area is 203 Å². The maximum atomic E-state index is 13.2. The van der Waals surface area contributed by atoms with Gasteiger partial charge in [0.15, 0.2) is 6.23 Å². The molecule has 0 radical (unpaired) electrons. The number of rotatable bonds is 4. The highest BCUT2D eigenvalue weighted by molar-refractivity contribution is 6.42. The van der Waals surface area contributed by atoms with Crippen molar-refractivity contribution in [3.63, 3.8) is 0 Å². The molecule has 1 aromatic rings. The number of aliphatic hydroxyl groups is 1. The van der Waals surface area contributed by atoms with Crippen molar-refractivity contribution >= 4 is 40.8 Å². The molecule has 3 heterocycles. The van der Waals surface area contributed by atoms with Crippen LogP contribution in [0.25, 0.3) is 0 Å². The Balaban J connectivity index is 1.17. The zero-order valence-corrected chi connectivity index (χ0v) is 20.2. The predicted molar refractivity (Wildman–Crippen MR) is 125 cm³/mol. The summed E-state index contributed by atoms with van der Waals surface area (Å²) >= 11 is 12.0. The number of piperidine rings is 1. The fourth-order valence-electron chi connectivity index (χ4n) is 5.36. The number of benzene rings is 1. The molecule has 2 N–H and O–H groups in total. The third-order valence-corrected chi connectivity index (χ3v) is 8.52. The van der Waals surface area contributed by atoms with Gasteiger partial charge >= 0.3 is 6.03 Å². The van der Waals surface area contributed by atoms with E-state index in [1.807, 2.05) is 4.90 Å². The normalized spacial score (nSPS) is 31.1. The molecule has 3 amide bonds. The van der Waals surface area contributed by atoms with Crippen LogP contribution in [0.3, 0.4) is 0 Å². The van der Waals surface area contributed by atoms with Gasteiger partial charge in [0.05, 0.1) is 35.3 Å². The molecule has 3 aliphatic heterocycles. The van der Waals surface area contributed by atoms with Crippen LogP contribution in [-0.4, -0.2) is 88.9 Å². The summed E-state index contributed by atoms with van der Waals surface area (Å²) in [4.78, 5) is 31.7. The SMILES string of the molecule is C[C@H]1C(=O)N2[C@@H](CCN3CCC4(CC4)[C@H](O)C3)CO[C@@H]2CN1C(=O)Nc1ccc(Cl)c(Cl)c1. The van der Waals surface area contributed by atoms with Crippen LogP contribution in [0.4, 0.5) is 10.5 Å². The van der Waals surface area contributed by atoms with Crippen molar-refractivity contribution in [2.24, 2.45) is 5.41 Å². The lowest BCUT2D eigenvalue weighted by Gasteiger charge is -2.42. The van der Waals surface area contributed by atoms with E-state index < -0.39 is 12.3 Å². The summed E-state index contributed by atoms with van der Waals surface area (Å²) in [7, 11) is 0. The van der Waals surface area contributed by atoms with E-state index >= 15 is 0 Å². The molecule has 1 spiro atoms. The number of piperazine rings is 1. The van der Waals surface area contributed by atoms with Crippen molar-refractivity contribution in [1.82, 2.24) is 14.7 Å². The number of β-amino-alcohol motifs (C(OH)–C–C–N with tert-alkyl or cyclic N) is 1. The van der Waals surface area contributed by atoms with Gasteiger partial charge in [0, 0.05) is 18.8 Å². The first kappa shape index (κ1) is 23.2. The number of aliphatic hydroxyl groups excluding tert-OH is 1. The molecule has 5 rings (SSSR count). The number of urea groups is 1. The van der Waals surface area contributed by atoms with Gasteiger partial charge in [-0.25, -0.2) is 4.79 Å². The van der Waals surface area contributed by atoms with E-state index in [1.54, 1.807) is 25.1 Å². The minimum Gasteiger partial charge on any atom is -0.391 e. The average molecular weight is 497 g/mol. The van der Waals surface area contributed by atoms with E-state index in [4.69, 9.17) is 27.9 Å². The molecule has 1 saturated carbocycles. The molecule has 1 aromatic carbocycles. The Kier molecular flexibility index (Phi) is 6.24. The molecule has 8 nitrogen and oxygen atoms in total. The van der Waals surface area contributed by atoms with Gasteiger partial charge in [0.2, 0.25) is 5.91 Å². The largest absolute Gasteiger partial charge is 0.391 e. The highest BCUT2D eigenvalue weighted by Crippen LogP contribution is 2.53. The van der Waals surface area contributed by atoms with Gasteiger partial charge in [-0.05, 0) is 62.8 Å². The van der Waals surface area contributed by atoms with E-state index in [2.05, 4.69) is 10.2 Å². The number of anilines is 1. The van der Waals surface area contributed by atoms with E-state index in [1.165, 1.54) is 4.90 Å². The lowest BCUT2D eigenvalue weighted by molar-refractivity contribution is -0.150. The second kappa shape index (κ2) is 8.89. The number of hydrogen-bond donors (Lipinski definition) is 2. The van der Waals surface area contributed by atoms with Gasteiger partial charge in [-0.3, -0.25) is 4.79 Å². The van der Waals surface area contributed by atoms with Crippen molar-refractivity contribution in [1.29, 1.82) is 0 Å². The van der Waals surface area contributed by atoms with E-state index in [0.717, 1.165) is 38.8 Å². The van der Waals surface area contributed by atoms with Crippen LogP contribution in [0, 0.1) is 5.41 Å². The Morgan fingerprint density at radius 3 is 2.73 bits per heavy atom. The van der Waals surface area contributed by atoms with E-state index in [-0.39, 0.29) is 29.5 Å². The molecular weight excluding hydrogens is 467 g/mol. The Hall–Kier alpha value is -1.58. The van der Waals surface area contributed by atoms with Crippen molar-refractivity contribution in [2.75, 3.05) is 38.1 Å². The van der Waals surface area contributed by atoms with Crippen molar-refractivity contribution in [3.8, 4) is 0 Å². The number of nitrogens with zero attached hydrogens (tertiary/aromatic N) is 3. The first-order valence-corrected chi connectivity index (χ1v) is 12.4. The summed E-state index contributed by atoms with van der Waals surface area (Å²) < 4.78 is 5.93. The third-order valence-electron chi connectivity index (χ3n) is 7.78. The van der Waals surface area contributed by atoms with Gasteiger partial charge in [-0.2, -0.15) is 0 Å². The molecule has 180 valence electrons. The standard InChI is InChI=1S/C23H30Cl2N4O4/c1-14-21(31)29-16(4-8-27-9-7-23(5-6-23)19(30)11-27)13-33-20(29)12-28(14)22(32)26-15-2-3-17(24)18(25)10-15/h2-3,10,14,16,19-20,30H,4-9,11-13H2,1H3,(H,26,32)/t14-,16-,19+,20+/m0/s1. The molecule has 0 unspecified atom stereocenters. The summed E-state index contributed by atoms with van der Waals surface area (Å²) in [5, 5.41) is 14.0. The van der Waals surface area contributed by atoms with Crippen LogP contribution >= 0.6 is 23.2 Å². The highest BCUT2D eigenvalue weighted by Gasteiger charge is 2.51. The highest BCUT2D eigenvalue weighted by atomic mass is 35.5. The number of hydrogen-bond acceptors (Lipinski definition) is 5. The summed E-state index contributed by atoms with van der Waals surface area (Å²) in [6, 6.07) is 3.87. The van der Waals surface area contributed by atoms with Crippen LogP contribution in [0.5, 0.6) is 0 Å². The van der Waals surface area contributed by atoms with Gasteiger partial charge in [0.1, 0.15) is 6.04 Å². The minimum absolute atomic E-state index is 0.0146.